The van der Waals surface area contributed by atoms with Crippen molar-refractivity contribution in [2.75, 3.05) is 13.2 Å². The second kappa shape index (κ2) is 3.09. The van der Waals surface area contributed by atoms with E-state index in [0.29, 0.717) is 19.1 Å². The van der Waals surface area contributed by atoms with Gasteiger partial charge in [-0.2, -0.15) is 0 Å². The van der Waals surface area contributed by atoms with E-state index in [2.05, 4.69) is 13.8 Å². The van der Waals surface area contributed by atoms with E-state index in [9.17, 15) is 5.11 Å². The highest BCUT2D eigenvalue weighted by Gasteiger charge is 2.41. The molecule has 0 bridgehead atoms. The predicted molar refractivity (Wildman–Crippen MR) is 43.2 cm³/mol. The lowest BCUT2D eigenvalue weighted by atomic mass is 9.87. The van der Waals surface area contributed by atoms with Gasteiger partial charge in [0.05, 0.1) is 13.2 Å². The Hall–Kier alpha value is -0.120. The van der Waals surface area contributed by atoms with Crippen molar-refractivity contribution in [3.05, 3.63) is 0 Å². The molecule has 0 aliphatic carbocycles. The summed E-state index contributed by atoms with van der Waals surface area (Å²) < 4.78 is 4.91. The third-order valence-electron chi connectivity index (χ3n) is 2.12. The fraction of sp³-hybridized carbons (Fsp3) is 1.00. The molecule has 66 valence electrons. The molecule has 0 aromatic heterocycles. The molecule has 0 amide bonds. The maximum atomic E-state index is 9.68. The number of hydrogen-bond donors (Lipinski definition) is 2. The van der Waals surface area contributed by atoms with Gasteiger partial charge in [-0.3, -0.25) is 0 Å². The molecule has 0 aromatic carbocycles. The SMILES string of the molecule is CC(C)CC(N)C1(O)COC1. The molecule has 1 aliphatic heterocycles. The standard InChI is InChI=1S/C8H17NO2/c1-6(2)3-7(9)8(10)4-11-5-8/h6-7,10H,3-5,9H2,1-2H3. The summed E-state index contributed by atoms with van der Waals surface area (Å²) in [6.45, 7) is 5.01. The summed E-state index contributed by atoms with van der Waals surface area (Å²) in [6.07, 6.45) is 0.861. The van der Waals surface area contributed by atoms with Gasteiger partial charge in [-0.05, 0) is 12.3 Å². The van der Waals surface area contributed by atoms with E-state index in [4.69, 9.17) is 10.5 Å². The Bertz CT molecular complexity index is 132. The average molecular weight is 159 g/mol. The van der Waals surface area contributed by atoms with Crippen LogP contribution in [0.25, 0.3) is 0 Å². The third kappa shape index (κ3) is 1.92. The Morgan fingerprint density at radius 2 is 2.09 bits per heavy atom. The van der Waals surface area contributed by atoms with E-state index < -0.39 is 5.60 Å². The largest absolute Gasteiger partial charge is 0.383 e. The van der Waals surface area contributed by atoms with Gasteiger partial charge >= 0.3 is 0 Å². The Kier molecular flexibility index (Phi) is 2.52. The van der Waals surface area contributed by atoms with Gasteiger partial charge in [0.1, 0.15) is 5.60 Å². The van der Waals surface area contributed by atoms with Crippen molar-refractivity contribution >= 4 is 0 Å². The van der Waals surface area contributed by atoms with E-state index in [1.165, 1.54) is 0 Å². The van der Waals surface area contributed by atoms with Crippen molar-refractivity contribution in [1.29, 1.82) is 0 Å². The van der Waals surface area contributed by atoms with Gasteiger partial charge in [-0.1, -0.05) is 13.8 Å². The van der Waals surface area contributed by atoms with Gasteiger partial charge in [0.25, 0.3) is 0 Å². The minimum atomic E-state index is -0.732. The number of nitrogens with two attached hydrogens (primary N) is 1. The molecule has 1 fully saturated rings. The van der Waals surface area contributed by atoms with E-state index in [-0.39, 0.29) is 6.04 Å². The number of ether oxygens (including phenoxy) is 1. The molecule has 1 atom stereocenters. The van der Waals surface area contributed by atoms with Gasteiger partial charge in [-0.15, -0.1) is 0 Å². The quantitative estimate of drug-likeness (QED) is 0.615. The lowest BCUT2D eigenvalue weighted by Crippen LogP contribution is -2.61. The van der Waals surface area contributed by atoms with E-state index in [0.717, 1.165) is 6.42 Å². The number of rotatable bonds is 3. The van der Waals surface area contributed by atoms with E-state index >= 15 is 0 Å². The molecule has 0 saturated carbocycles. The van der Waals surface area contributed by atoms with Crippen LogP contribution in [0.4, 0.5) is 0 Å². The molecule has 0 spiro atoms. The van der Waals surface area contributed by atoms with E-state index in [1.807, 2.05) is 0 Å². The normalized spacial score (nSPS) is 24.8. The Morgan fingerprint density at radius 1 is 1.55 bits per heavy atom. The first-order valence-electron chi connectivity index (χ1n) is 4.10. The molecule has 11 heavy (non-hydrogen) atoms. The van der Waals surface area contributed by atoms with Crippen molar-refractivity contribution in [2.45, 2.75) is 31.9 Å². The molecule has 1 saturated heterocycles. The van der Waals surface area contributed by atoms with Gasteiger partial charge in [0.15, 0.2) is 0 Å². The van der Waals surface area contributed by atoms with Gasteiger partial charge in [-0.25, -0.2) is 0 Å². The van der Waals surface area contributed by atoms with Crippen LogP contribution in [0.1, 0.15) is 20.3 Å². The van der Waals surface area contributed by atoms with Gasteiger partial charge in [0, 0.05) is 6.04 Å². The zero-order valence-electron chi connectivity index (χ0n) is 7.21. The van der Waals surface area contributed by atoms with Gasteiger partial charge in [0.2, 0.25) is 0 Å². The lowest BCUT2D eigenvalue weighted by molar-refractivity contribution is -0.191. The smallest absolute Gasteiger partial charge is 0.126 e. The fourth-order valence-corrected chi connectivity index (χ4v) is 1.25. The Balaban J connectivity index is 2.34. The molecule has 1 rings (SSSR count). The number of aliphatic hydroxyl groups is 1. The van der Waals surface area contributed by atoms with Crippen molar-refractivity contribution in [1.82, 2.24) is 0 Å². The van der Waals surface area contributed by atoms with E-state index in [1.54, 1.807) is 0 Å². The summed E-state index contributed by atoms with van der Waals surface area (Å²) in [4.78, 5) is 0. The highest BCUT2D eigenvalue weighted by Crippen LogP contribution is 2.23. The molecule has 0 aromatic rings. The topological polar surface area (TPSA) is 55.5 Å². The second-order valence-electron chi connectivity index (χ2n) is 3.83. The minimum absolute atomic E-state index is 0.128. The Morgan fingerprint density at radius 3 is 2.36 bits per heavy atom. The van der Waals surface area contributed by atoms with Crippen LogP contribution in [0.2, 0.25) is 0 Å². The predicted octanol–water partition coefficient (Wildman–Crippen LogP) is 0.121. The highest BCUT2D eigenvalue weighted by molar-refractivity contribution is 4.95. The van der Waals surface area contributed by atoms with Crippen molar-refractivity contribution in [3.63, 3.8) is 0 Å². The molecule has 1 heterocycles. The van der Waals surface area contributed by atoms with Crippen LogP contribution in [-0.4, -0.2) is 30.0 Å². The molecular formula is C8H17NO2. The summed E-state index contributed by atoms with van der Waals surface area (Å²) in [7, 11) is 0. The van der Waals surface area contributed by atoms with Crippen LogP contribution in [0.15, 0.2) is 0 Å². The average Bonchev–Trinajstić information content (AvgIpc) is 1.81. The van der Waals surface area contributed by atoms with Gasteiger partial charge < -0.3 is 15.6 Å². The first kappa shape index (κ1) is 8.97. The summed E-state index contributed by atoms with van der Waals surface area (Å²) in [5, 5.41) is 9.68. The van der Waals surface area contributed by atoms with Crippen LogP contribution >= 0.6 is 0 Å². The van der Waals surface area contributed by atoms with Crippen LogP contribution in [0.5, 0.6) is 0 Å². The first-order chi connectivity index (χ1) is 5.04. The third-order valence-corrected chi connectivity index (χ3v) is 2.12. The first-order valence-corrected chi connectivity index (χ1v) is 4.10. The monoisotopic (exact) mass is 159 g/mol. The molecule has 3 N–H and O–H groups in total. The van der Waals surface area contributed by atoms with Crippen molar-refractivity contribution in [3.8, 4) is 0 Å². The van der Waals surface area contributed by atoms with Crippen molar-refractivity contribution < 1.29 is 9.84 Å². The van der Waals surface area contributed by atoms with Crippen LogP contribution in [-0.2, 0) is 4.74 Å². The molecule has 3 nitrogen and oxygen atoms in total. The zero-order chi connectivity index (χ0) is 8.48. The molecule has 0 radical (unpaired) electrons. The summed E-state index contributed by atoms with van der Waals surface area (Å²) in [5.74, 6) is 0.537. The van der Waals surface area contributed by atoms with Crippen LogP contribution < -0.4 is 5.73 Å². The highest BCUT2D eigenvalue weighted by atomic mass is 16.5. The summed E-state index contributed by atoms with van der Waals surface area (Å²) in [5.41, 5.74) is 5.05. The van der Waals surface area contributed by atoms with Crippen LogP contribution in [0.3, 0.4) is 0 Å². The molecular weight excluding hydrogens is 142 g/mol. The number of hydrogen-bond acceptors (Lipinski definition) is 3. The lowest BCUT2D eigenvalue weighted by Gasteiger charge is -2.41. The van der Waals surface area contributed by atoms with Crippen molar-refractivity contribution in [2.24, 2.45) is 11.7 Å². The molecule has 1 unspecified atom stereocenters. The second-order valence-corrected chi connectivity index (χ2v) is 3.83. The summed E-state index contributed by atoms with van der Waals surface area (Å²) in [6, 6.07) is -0.128. The molecule has 3 heteroatoms. The minimum Gasteiger partial charge on any atom is -0.383 e. The Labute approximate surface area is 67.5 Å². The van der Waals surface area contributed by atoms with Crippen LogP contribution in [0, 0.1) is 5.92 Å². The zero-order valence-corrected chi connectivity index (χ0v) is 7.21. The maximum Gasteiger partial charge on any atom is 0.126 e. The fourth-order valence-electron chi connectivity index (χ4n) is 1.25. The summed E-state index contributed by atoms with van der Waals surface area (Å²) >= 11 is 0. The maximum absolute atomic E-state index is 9.68. The molecule has 1 aliphatic rings.